The molecule has 0 unspecified atom stereocenters. The Balaban J connectivity index is 2.64. The van der Waals surface area contributed by atoms with Crippen molar-refractivity contribution < 1.29 is 9.53 Å². The first kappa shape index (κ1) is 8.53. The Kier molecular flexibility index (Phi) is 3.08. The van der Waals surface area contributed by atoms with E-state index in [0.717, 1.165) is 12.0 Å². The maximum atomic E-state index is 10.3. The summed E-state index contributed by atoms with van der Waals surface area (Å²) in [6.07, 6.45) is 2.48. The molecular formula is C10H10O2. The molecule has 0 saturated carbocycles. The molecule has 0 atom stereocenters. The fourth-order valence-electron chi connectivity index (χ4n) is 0.798. The molecule has 0 amide bonds. The third kappa shape index (κ3) is 2.23. The molecular weight excluding hydrogens is 152 g/mol. The first-order chi connectivity index (χ1) is 5.86. The van der Waals surface area contributed by atoms with Gasteiger partial charge in [-0.05, 0) is 24.3 Å². The average molecular weight is 162 g/mol. The minimum atomic E-state index is 0.487. The summed E-state index contributed by atoms with van der Waals surface area (Å²) in [4.78, 5) is 10.3. The van der Waals surface area contributed by atoms with Crippen LogP contribution in [0.4, 0.5) is 0 Å². The van der Waals surface area contributed by atoms with Crippen LogP contribution in [0.3, 0.4) is 0 Å². The van der Waals surface area contributed by atoms with Crippen LogP contribution >= 0.6 is 0 Å². The first-order valence-corrected chi connectivity index (χ1v) is 3.66. The molecule has 0 spiro atoms. The fourth-order valence-corrected chi connectivity index (χ4v) is 0.798. The van der Waals surface area contributed by atoms with Crippen LogP contribution < -0.4 is 4.74 Å². The van der Waals surface area contributed by atoms with Crippen molar-refractivity contribution in [2.45, 2.75) is 0 Å². The van der Waals surface area contributed by atoms with Crippen molar-refractivity contribution in [2.24, 2.45) is 0 Å². The number of hydrogen-bond donors (Lipinski definition) is 0. The summed E-state index contributed by atoms with van der Waals surface area (Å²) in [5.41, 5.74) is 0.654. The van der Waals surface area contributed by atoms with E-state index in [1.165, 1.54) is 0 Å². The van der Waals surface area contributed by atoms with Crippen LogP contribution in [0.2, 0.25) is 0 Å². The van der Waals surface area contributed by atoms with Gasteiger partial charge in [0.15, 0.2) is 0 Å². The van der Waals surface area contributed by atoms with Gasteiger partial charge in [-0.25, -0.2) is 0 Å². The van der Waals surface area contributed by atoms with Gasteiger partial charge in [0, 0.05) is 5.56 Å². The third-order valence-corrected chi connectivity index (χ3v) is 1.38. The van der Waals surface area contributed by atoms with E-state index < -0.39 is 0 Å². The number of hydrogen-bond acceptors (Lipinski definition) is 2. The molecule has 2 nitrogen and oxygen atoms in total. The van der Waals surface area contributed by atoms with E-state index in [0.29, 0.717) is 12.2 Å². The maximum Gasteiger partial charge on any atom is 0.150 e. The lowest BCUT2D eigenvalue weighted by Crippen LogP contribution is -1.92. The molecule has 0 fully saturated rings. The molecule has 0 aliphatic carbocycles. The van der Waals surface area contributed by atoms with E-state index in [2.05, 4.69) is 6.58 Å². The third-order valence-electron chi connectivity index (χ3n) is 1.38. The monoisotopic (exact) mass is 162 g/mol. The lowest BCUT2D eigenvalue weighted by molar-refractivity contribution is 0.112. The van der Waals surface area contributed by atoms with Crippen LogP contribution in [-0.2, 0) is 0 Å². The fraction of sp³-hybridized carbons (Fsp3) is 0.100. The van der Waals surface area contributed by atoms with Gasteiger partial charge in [0.2, 0.25) is 0 Å². The molecule has 1 aromatic carbocycles. The first-order valence-electron chi connectivity index (χ1n) is 3.66. The second kappa shape index (κ2) is 4.34. The van der Waals surface area contributed by atoms with Crippen LogP contribution in [0.15, 0.2) is 36.9 Å². The Morgan fingerprint density at radius 1 is 1.33 bits per heavy atom. The summed E-state index contributed by atoms with van der Waals surface area (Å²) in [5, 5.41) is 0. The molecule has 1 rings (SSSR count). The zero-order valence-corrected chi connectivity index (χ0v) is 6.69. The highest BCUT2D eigenvalue weighted by Crippen LogP contribution is 2.10. The Morgan fingerprint density at radius 3 is 2.50 bits per heavy atom. The summed E-state index contributed by atoms with van der Waals surface area (Å²) in [6, 6.07) is 6.94. The Labute approximate surface area is 71.5 Å². The number of ether oxygens (including phenoxy) is 1. The van der Waals surface area contributed by atoms with Crippen molar-refractivity contribution >= 4 is 6.29 Å². The van der Waals surface area contributed by atoms with Gasteiger partial charge >= 0.3 is 0 Å². The van der Waals surface area contributed by atoms with E-state index in [-0.39, 0.29) is 0 Å². The second-order valence-electron chi connectivity index (χ2n) is 2.29. The number of rotatable bonds is 4. The zero-order chi connectivity index (χ0) is 8.81. The predicted molar refractivity (Wildman–Crippen MR) is 47.5 cm³/mol. The van der Waals surface area contributed by atoms with Gasteiger partial charge in [0.1, 0.15) is 18.6 Å². The number of carbonyl (C=O) groups is 1. The van der Waals surface area contributed by atoms with Gasteiger partial charge in [-0.15, -0.1) is 0 Å². The van der Waals surface area contributed by atoms with Crippen LogP contribution in [-0.4, -0.2) is 12.9 Å². The molecule has 0 radical (unpaired) electrons. The standard InChI is InChI=1S/C10H10O2/c1-2-7-12-10-5-3-9(8-11)4-6-10/h2-6,8H,1,7H2. The summed E-state index contributed by atoms with van der Waals surface area (Å²) in [6.45, 7) is 4.01. The van der Waals surface area contributed by atoms with Crippen molar-refractivity contribution in [1.82, 2.24) is 0 Å². The Morgan fingerprint density at radius 2 is 2.00 bits per heavy atom. The molecule has 12 heavy (non-hydrogen) atoms. The molecule has 1 aromatic rings. The van der Waals surface area contributed by atoms with Gasteiger partial charge in [-0.1, -0.05) is 12.7 Å². The highest BCUT2D eigenvalue weighted by atomic mass is 16.5. The van der Waals surface area contributed by atoms with Crippen LogP contribution in [0.5, 0.6) is 5.75 Å². The van der Waals surface area contributed by atoms with Crippen molar-refractivity contribution in [2.75, 3.05) is 6.61 Å². The molecule has 0 bridgehead atoms. The lowest BCUT2D eigenvalue weighted by atomic mass is 10.2. The molecule has 2 heteroatoms. The zero-order valence-electron chi connectivity index (χ0n) is 6.69. The number of carbonyl (C=O) groups excluding carboxylic acids is 1. The quantitative estimate of drug-likeness (QED) is 0.500. The predicted octanol–water partition coefficient (Wildman–Crippen LogP) is 2.06. The molecule has 0 N–H and O–H groups in total. The normalized spacial score (nSPS) is 9.00. The van der Waals surface area contributed by atoms with Gasteiger partial charge in [0.05, 0.1) is 0 Å². The van der Waals surface area contributed by atoms with Crippen molar-refractivity contribution in [3.63, 3.8) is 0 Å². The average Bonchev–Trinajstić information content (AvgIpc) is 2.15. The van der Waals surface area contributed by atoms with Crippen molar-refractivity contribution in [1.29, 1.82) is 0 Å². The van der Waals surface area contributed by atoms with E-state index in [9.17, 15) is 4.79 Å². The molecule has 0 aliphatic rings. The van der Waals surface area contributed by atoms with Crippen LogP contribution in [0.1, 0.15) is 10.4 Å². The SMILES string of the molecule is C=CCOc1ccc(C=O)cc1. The highest BCUT2D eigenvalue weighted by Gasteiger charge is 1.91. The number of aldehydes is 1. The van der Waals surface area contributed by atoms with Gasteiger partial charge < -0.3 is 4.74 Å². The van der Waals surface area contributed by atoms with Crippen LogP contribution in [0.25, 0.3) is 0 Å². The highest BCUT2D eigenvalue weighted by molar-refractivity contribution is 5.74. The summed E-state index contributed by atoms with van der Waals surface area (Å²) in [7, 11) is 0. The van der Waals surface area contributed by atoms with Crippen molar-refractivity contribution in [3.05, 3.63) is 42.5 Å². The maximum absolute atomic E-state index is 10.3. The lowest BCUT2D eigenvalue weighted by Gasteiger charge is -2.01. The minimum absolute atomic E-state index is 0.487. The molecule has 0 aliphatic heterocycles. The summed E-state index contributed by atoms with van der Waals surface area (Å²) in [5.74, 6) is 0.750. The van der Waals surface area contributed by atoms with Gasteiger partial charge in [0.25, 0.3) is 0 Å². The molecule has 0 aromatic heterocycles. The molecule has 0 saturated heterocycles. The van der Waals surface area contributed by atoms with E-state index >= 15 is 0 Å². The molecule has 0 heterocycles. The smallest absolute Gasteiger partial charge is 0.150 e. The van der Waals surface area contributed by atoms with Crippen molar-refractivity contribution in [3.8, 4) is 5.75 Å². The minimum Gasteiger partial charge on any atom is -0.490 e. The number of benzene rings is 1. The van der Waals surface area contributed by atoms with Gasteiger partial charge in [-0.3, -0.25) is 4.79 Å². The summed E-state index contributed by atoms with van der Waals surface area (Å²) >= 11 is 0. The second-order valence-corrected chi connectivity index (χ2v) is 2.29. The Bertz CT molecular complexity index is 262. The van der Waals surface area contributed by atoms with E-state index in [1.54, 1.807) is 30.3 Å². The van der Waals surface area contributed by atoms with Gasteiger partial charge in [-0.2, -0.15) is 0 Å². The summed E-state index contributed by atoms with van der Waals surface area (Å²) < 4.78 is 5.22. The van der Waals surface area contributed by atoms with E-state index in [4.69, 9.17) is 4.74 Å². The topological polar surface area (TPSA) is 26.3 Å². The van der Waals surface area contributed by atoms with E-state index in [1.807, 2.05) is 0 Å². The van der Waals surface area contributed by atoms with Crippen LogP contribution in [0, 0.1) is 0 Å². The largest absolute Gasteiger partial charge is 0.490 e. The molecule has 62 valence electrons. The Hall–Kier alpha value is -1.57.